The normalized spacial score (nSPS) is 10.1. The van der Waals surface area contributed by atoms with Gasteiger partial charge in [-0.3, -0.25) is 4.84 Å². The first-order chi connectivity index (χ1) is 7.26. The molecule has 0 heterocycles. The van der Waals surface area contributed by atoms with Gasteiger partial charge in [0.25, 0.3) is 0 Å². The molecular weight excluding hydrogens is 201 g/mol. The van der Waals surface area contributed by atoms with Gasteiger partial charge in [0, 0.05) is 17.2 Å². The van der Waals surface area contributed by atoms with Crippen LogP contribution in [0.2, 0.25) is 0 Å². The van der Waals surface area contributed by atoms with Crippen molar-refractivity contribution in [1.82, 2.24) is 0 Å². The molecule has 0 aromatic heterocycles. The van der Waals surface area contributed by atoms with Crippen molar-refractivity contribution in [3.8, 4) is 11.5 Å². The molecule has 1 aromatic rings. The molecule has 0 aliphatic rings. The van der Waals surface area contributed by atoms with Gasteiger partial charge in [-0.25, -0.2) is 10.3 Å². The molecule has 0 unspecified atom stereocenters. The predicted molar refractivity (Wildman–Crippen MR) is 53.3 cm³/mol. The molecule has 4 nitrogen and oxygen atoms in total. The van der Waals surface area contributed by atoms with Crippen LogP contribution in [0, 0.1) is 0 Å². The van der Waals surface area contributed by atoms with Gasteiger partial charge in [-0.1, -0.05) is 0 Å². The van der Waals surface area contributed by atoms with Crippen LogP contribution in [-0.4, -0.2) is 14.2 Å². The highest BCUT2D eigenvalue weighted by molar-refractivity contribution is 5.46. The van der Waals surface area contributed by atoms with Gasteiger partial charge in [-0.05, 0) is 6.07 Å². The largest absolute Gasteiger partial charge is 0.496 e. The summed E-state index contributed by atoms with van der Waals surface area (Å²) in [6, 6.07) is 3.23. The van der Waals surface area contributed by atoms with E-state index in [4.69, 9.17) is 15.4 Å². The molecule has 0 aliphatic heterocycles. The van der Waals surface area contributed by atoms with E-state index in [1.54, 1.807) is 12.1 Å². The second-order valence-corrected chi connectivity index (χ2v) is 2.92. The maximum atomic E-state index is 12.6. The lowest BCUT2D eigenvalue weighted by Gasteiger charge is -2.12. The van der Waals surface area contributed by atoms with Crippen LogP contribution in [0.15, 0.2) is 12.1 Å². The summed E-state index contributed by atoms with van der Waals surface area (Å²) in [6.07, 6.45) is 0. The van der Waals surface area contributed by atoms with Crippen molar-refractivity contribution < 1.29 is 18.7 Å². The third-order valence-electron chi connectivity index (χ3n) is 2.07. The Bertz CT molecular complexity index is 331. The fourth-order valence-corrected chi connectivity index (χ4v) is 1.34. The topological polar surface area (TPSA) is 53.7 Å². The quantitative estimate of drug-likeness (QED) is 0.757. The maximum absolute atomic E-state index is 12.6. The molecule has 2 N–H and O–H groups in total. The monoisotopic (exact) mass is 215 g/mol. The molecule has 15 heavy (non-hydrogen) atoms. The minimum atomic E-state index is -0.606. The Kier molecular flexibility index (Phi) is 4.33. The number of benzene rings is 1. The first-order valence-electron chi connectivity index (χ1n) is 4.38. The first-order valence-corrected chi connectivity index (χ1v) is 4.38. The van der Waals surface area contributed by atoms with E-state index in [0.29, 0.717) is 22.6 Å². The van der Waals surface area contributed by atoms with Crippen molar-refractivity contribution in [1.29, 1.82) is 0 Å². The number of halogens is 1. The number of alkyl halides is 1. The van der Waals surface area contributed by atoms with Crippen LogP contribution in [0.4, 0.5) is 4.39 Å². The lowest BCUT2D eigenvalue weighted by Crippen LogP contribution is -2.03. The fourth-order valence-electron chi connectivity index (χ4n) is 1.34. The van der Waals surface area contributed by atoms with E-state index in [2.05, 4.69) is 4.84 Å². The predicted octanol–water partition coefficient (Wildman–Crippen LogP) is 1.56. The molecule has 84 valence electrons. The molecule has 0 atom stereocenters. The van der Waals surface area contributed by atoms with Crippen LogP contribution >= 0.6 is 0 Å². The minimum Gasteiger partial charge on any atom is -0.496 e. The number of hydrogen-bond donors (Lipinski definition) is 1. The Morgan fingerprint density at radius 2 is 1.73 bits per heavy atom. The Balaban J connectivity index is 3.15. The van der Waals surface area contributed by atoms with Crippen molar-refractivity contribution in [2.24, 2.45) is 5.90 Å². The maximum Gasteiger partial charge on any atom is 0.128 e. The summed E-state index contributed by atoms with van der Waals surface area (Å²) in [5.74, 6) is 5.98. The zero-order chi connectivity index (χ0) is 11.3. The third-order valence-corrected chi connectivity index (χ3v) is 2.07. The Morgan fingerprint density at radius 1 is 1.13 bits per heavy atom. The molecule has 0 radical (unpaired) electrons. The van der Waals surface area contributed by atoms with Gasteiger partial charge in [0.05, 0.1) is 20.8 Å². The molecular formula is C10H14FNO3. The molecule has 0 saturated carbocycles. The summed E-state index contributed by atoms with van der Waals surface area (Å²) in [7, 11) is 3.00. The average Bonchev–Trinajstić information content (AvgIpc) is 2.28. The van der Waals surface area contributed by atoms with E-state index < -0.39 is 6.67 Å². The van der Waals surface area contributed by atoms with Gasteiger partial charge in [-0.2, -0.15) is 0 Å². The van der Waals surface area contributed by atoms with Gasteiger partial charge in [-0.15, -0.1) is 0 Å². The van der Waals surface area contributed by atoms with Crippen molar-refractivity contribution in [2.45, 2.75) is 13.3 Å². The van der Waals surface area contributed by atoms with E-state index in [-0.39, 0.29) is 6.61 Å². The number of ether oxygens (including phenoxy) is 2. The van der Waals surface area contributed by atoms with Gasteiger partial charge < -0.3 is 9.47 Å². The molecule has 5 heteroatoms. The molecule has 0 amide bonds. The third kappa shape index (κ3) is 2.57. The van der Waals surface area contributed by atoms with Gasteiger partial charge in [0.2, 0.25) is 0 Å². The molecule has 0 bridgehead atoms. The van der Waals surface area contributed by atoms with Gasteiger partial charge >= 0.3 is 0 Å². The van der Waals surface area contributed by atoms with E-state index in [1.807, 2.05) is 0 Å². The van der Waals surface area contributed by atoms with Crippen LogP contribution in [0.5, 0.6) is 11.5 Å². The second-order valence-electron chi connectivity index (χ2n) is 2.92. The standard InChI is InChI=1S/C10H14FNO3/c1-13-9-4-10(14-2)8(6-15-12)3-7(9)5-11/h3-4H,5-6,12H2,1-2H3. The second kappa shape index (κ2) is 5.53. The summed E-state index contributed by atoms with van der Waals surface area (Å²) in [4.78, 5) is 4.50. The molecule has 0 aliphatic carbocycles. The summed E-state index contributed by atoms with van der Waals surface area (Å²) in [5, 5.41) is 0. The van der Waals surface area contributed by atoms with Crippen LogP contribution in [0.1, 0.15) is 11.1 Å². The Labute approximate surface area is 87.7 Å². The molecule has 0 spiro atoms. The SMILES string of the molecule is COc1cc(OC)c(CON)cc1CF. The fraction of sp³-hybridized carbons (Fsp3) is 0.400. The van der Waals surface area contributed by atoms with Gasteiger partial charge in [0.1, 0.15) is 18.2 Å². The number of hydrogen-bond acceptors (Lipinski definition) is 4. The zero-order valence-electron chi connectivity index (χ0n) is 8.75. The molecule has 1 aromatic carbocycles. The minimum absolute atomic E-state index is 0.167. The summed E-state index contributed by atoms with van der Waals surface area (Å²) < 4.78 is 22.8. The van der Waals surface area contributed by atoms with Crippen LogP contribution in [0.25, 0.3) is 0 Å². The zero-order valence-corrected chi connectivity index (χ0v) is 8.75. The Morgan fingerprint density at radius 3 is 2.20 bits per heavy atom. The Hall–Kier alpha value is -1.33. The molecule has 0 saturated heterocycles. The van der Waals surface area contributed by atoms with E-state index in [0.717, 1.165) is 0 Å². The lowest BCUT2D eigenvalue weighted by molar-refractivity contribution is 0.122. The van der Waals surface area contributed by atoms with E-state index >= 15 is 0 Å². The number of nitrogens with two attached hydrogens (primary N) is 1. The van der Waals surface area contributed by atoms with E-state index in [1.165, 1.54) is 14.2 Å². The van der Waals surface area contributed by atoms with Crippen molar-refractivity contribution in [3.63, 3.8) is 0 Å². The first kappa shape index (κ1) is 11.7. The molecule has 1 rings (SSSR count). The highest BCUT2D eigenvalue weighted by Gasteiger charge is 2.10. The number of rotatable bonds is 5. The van der Waals surface area contributed by atoms with Crippen LogP contribution in [0.3, 0.4) is 0 Å². The average molecular weight is 215 g/mol. The van der Waals surface area contributed by atoms with E-state index in [9.17, 15) is 4.39 Å². The smallest absolute Gasteiger partial charge is 0.128 e. The highest BCUT2D eigenvalue weighted by atomic mass is 19.1. The molecule has 0 fully saturated rings. The summed E-state index contributed by atoms with van der Waals surface area (Å²) in [6.45, 7) is -0.440. The van der Waals surface area contributed by atoms with Crippen LogP contribution in [-0.2, 0) is 18.1 Å². The summed E-state index contributed by atoms with van der Waals surface area (Å²) >= 11 is 0. The van der Waals surface area contributed by atoms with Crippen molar-refractivity contribution >= 4 is 0 Å². The highest BCUT2D eigenvalue weighted by Crippen LogP contribution is 2.29. The van der Waals surface area contributed by atoms with Crippen LogP contribution < -0.4 is 15.4 Å². The van der Waals surface area contributed by atoms with Crippen molar-refractivity contribution in [3.05, 3.63) is 23.3 Å². The lowest BCUT2D eigenvalue weighted by atomic mass is 10.1. The number of methoxy groups -OCH3 is 2. The van der Waals surface area contributed by atoms with Gasteiger partial charge in [0.15, 0.2) is 0 Å². The van der Waals surface area contributed by atoms with Crippen molar-refractivity contribution in [2.75, 3.05) is 14.2 Å². The summed E-state index contributed by atoms with van der Waals surface area (Å²) in [5.41, 5.74) is 1.14.